The molecule has 1 N–H and O–H groups in total. The molecule has 0 fully saturated rings. The average molecular weight is 406 g/mol. The van der Waals surface area contributed by atoms with Crippen molar-refractivity contribution in [2.45, 2.75) is 19.5 Å². The van der Waals surface area contributed by atoms with E-state index in [1.54, 1.807) is 21.3 Å². The van der Waals surface area contributed by atoms with Crippen molar-refractivity contribution in [1.29, 1.82) is 0 Å². The Bertz CT molecular complexity index is 1030. The van der Waals surface area contributed by atoms with Crippen LogP contribution < -0.4 is 19.5 Å². The van der Waals surface area contributed by atoms with E-state index in [0.717, 1.165) is 54.5 Å². The van der Waals surface area contributed by atoms with Crippen LogP contribution >= 0.6 is 0 Å². The summed E-state index contributed by atoms with van der Waals surface area (Å²) >= 11 is 0. The molecule has 2 aromatic carbocycles. The largest absolute Gasteiger partial charge is 0.497 e. The Kier molecular flexibility index (Phi) is 5.99. The van der Waals surface area contributed by atoms with Crippen molar-refractivity contribution in [2.24, 2.45) is 0 Å². The summed E-state index contributed by atoms with van der Waals surface area (Å²) in [7, 11) is 4.97. The maximum absolute atomic E-state index is 5.48. The summed E-state index contributed by atoms with van der Waals surface area (Å²) in [4.78, 5) is 11.7. The SMILES string of the molecule is COc1ccc(Nc2ncc3c(n2)CCN(Cc2ccccc2OC)C3)c(OC)c1. The topological polar surface area (TPSA) is 68.7 Å². The Hall–Kier alpha value is -3.32. The predicted octanol–water partition coefficient (Wildman–Crippen LogP) is 3.80. The van der Waals surface area contributed by atoms with E-state index in [1.165, 1.54) is 5.56 Å². The number of anilines is 2. The Balaban J connectivity index is 1.47. The fourth-order valence-electron chi connectivity index (χ4n) is 3.67. The molecule has 0 atom stereocenters. The van der Waals surface area contributed by atoms with Crippen molar-refractivity contribution >= 4 is 11.6 Å². The second-order valence-electron chi connectivity index (χ2n) is 7.13. The molecule has 0 aliphatic carbocycles. The molecule has 7 nitrogen and oxygen atoms in total. The number of nitrogens with zero attached hydrogens (tertiary/aromatic N) is 3. The van der Waals surface area contributed by atoms with Gasteiger partial charge in [0.05, 0.1) is 32.7 Å². The van der Waals surface area contributed by atoms with Crippen molar-refractivity contribution in [2.75, 3.05) is 33.2 Å². The number of para-hydroxylation sites is 1. The standard InChI is InChI=1S/C23H26N4O3/c1-28-18-8-9-20(22(12-18)30-3)26-23-24-13-17-15-27(11-10-19(17)25-23)14-16-6-4-5-7-21(16)29-2/h4-9,12-13H,10-11,14-15H2,1-3H3,(H,24,25,26). The second kappa shape index (κ2) is 9.00. The predicted molar refractivity (Wildman–Crippen MR) is 116 cm³/mol. The molecule has 0 saturated carbocycles. The van der Waals surface area contributed by atoms with Gasteiger partial charge in [0.15, 0.2) is 0 Å². The van der Waals surface area contributed by atoms with Gasteiger partial charge < -0.3 is 19.5 Å². The number of hydrogen-bond donors (Lipinski definition) is 1. The van der Waals surface area contributed by atoms with Crippen LogP contribution in [0, 0.1) is 0 Å². The smallest absolute Gasteiger partial charge is 0.227 e. The fourth-order valence-corrected chi connectivity index (χ4v) is 3.67. The van der Waals surface area contributed by atoms with E-state index >= 15 is 0 Å². The molecule has 0 saturated heterocycles. The Morgan fingerprint density at radius 2 is 1.83 bits per heavy atom. The first kappa shape index (κ1) is 20.0. The van der Waals surface area contributed by atoms with E-state index in [2.05, 4.69) is 21.3 Å². The van der Waals surface area contributed by atoms with Gasteiger partial charge in [0.1, 0.15) is 17.2 Å². The van der Waals surface area contributed by atoms with E-state index in [9.17, 15) is 0 Å². The maximum Gasteiger partial charge on any atom is 0.227 e. The Morgan fingerprint density at radius 1 is 1.00 bits per heavy atom. The van der Waals surface area contributed by atoms with Crippen molar-refractivity contribution in [3.63, 3.8) is 0 Å². The summed E-state index contributed by atoms with van der Waals surface area (Å²) in [6, 6.07) is 13.8. The van der Waals surface area contributed by atoms with Crippen molar-refractivity contribution < 1.29 is 14.2 Å². The molecule has 1 aliphatic heterocycles. The molecule has 2 heterocycles. The van der Waals surface area contributed by atoms with E-state index in [-0.39, 0.29) is 0 Å². The molecule has 1 aromatic heterocycles. The second-order valence-corrected chi connectivity index (χ2v) is 7.13. The summed E-state index contributed by atoms with van der Waals surface area (Å²) in [6.07, 6.45) is 2.79. The monoisotopic (exact) mass is 406 g/mol. The van der Waals surface area contributed by atoms with Gasteiger partial charge in [0.2, 0.25) is 5.95 Å². The van der Waals surface area contributed by atoms with Gasteiger partial charge in [-0.05, 0) is 18.2 Å². The third-order valence-electron chi connectivity index (χ3n) is 5.25. The molecular formula is C23H26N4O3. The highest BCUT2D eigenvalue weighted by molar-refractivity contribution is 5.64. The van der Waals surface area contributed by atoms with Gasteiger partial charge in [-0.25, -0.2) is 9.97 Å². The lowest BCUT2D eigenvalue weighted by Crippen LogP contribution is -2.31. The molecule has 0 radical (unpaired) electrons. The molecule has 0 bridgehead atoms. The van der Waals surface area contributed by atoms with Gasteiger partial charge in [0.25, 0.3) is 0 Å². The summed E-state index contributed by atoms with van der Waals surface area (Å²) < 4.78 is 16.2. The van der Waals surface area contributed by atoms with Crippen molar-refractivity contribution in [3.05, 3.63) is 65.5 Å². The Morgan fingerprint density at radius 3 is 2.63 bits per heavy atom. The lowest BCUT2D eigenvalue weighted by Gasteiger charge is -2.28. The number of ether oxygens (including phenoxy) is 3. The van der Waals surface area contributed by atoms with Gasteiger partial charge >= 0.3 is 0 Å². The minimum absolute atomic E-state index is 0.565. The van der Waals surface area contributed by atoms with Gasteiger partial charge in [-0.1, -0.05) is 18.2 Å². The number of aromatic nitrogens is 2. The fraction of sp³-hybridized carbons (Fsp3) is 0.304. The minimum Gasteiger partial charge on any atom is -0.497 e. The summed E-state index contributed by atoms with van der Waals surface area (Å²) in [5, 5.41) is 3.26. The molecule has 30 heavy (non-hydrogen) atoms. The van der Waals surface area contributed by atoms with Crippen LogP contribution in [0.2, 0.25) is 0 Å². The average Bonchev–Trinajstić information content (AvgIpc) is 2.79. The van der Waals surface area contributed by atoms with E-state index in [4.69, 9.17) is 19.2 Å². The number of nitrogens with one attached hydrogen (secondary N) is 1. The number of hydrogen-bond acceptors (Lipinski definition) is 7. The molecule has 3 aromatic rings. The van der Waals surface area contributed by atoms with Gasteiger partial charge in [-0.2, -0.15) is 0 Å². The molecular weight excluding hydrogens is 380 g/mol. The molecule has 0 amide bonds. The molecule has 1 aliphatic rings. The third kappa shape index (κ3) is 4.31. The zero-order valence-electron chi connectivity index (χ0n) is 17.5. The Labute approximate surface area is 176 Å². The highest BCUT2D eigenvalue weighted by Crippen LogP contribution is 2.31. The number of fused-ring (bicyclic) bond motifs is 1. The lowest BCUT2D eigenvalue weighted by molar-refractivity contribution is 0.239. The van der Waals surface area contributed by atoms with Crippen LogP contribution in [-0.4, -0.2) is 42.7 Å². The van der Waals surface area contributed by atoms with E-state index in [1.807, 2.05) is 42.6 Å². The van der Waals surface area contributed by atoms with Crippen molar-refractivity contribution in [3.8, 4) is 17.2 Å². The first-order valence-electron chi connectivity index (χ1n) is 9.88. The summed E-state index contributed by atoms with van der Waals surface area (Å²) in [6.45, 7) is 2.60. The lowest BCUT2D eigenvalue weighted by atomic mass is 10.1. The van der Waals surface area contributed by atoms with E-state index in [0.29, 0.717) is 11.7 Å². The van der Waals surface area contributed by atoms with Crippen LogP contribution in [0.3, 0.4) is 0 Å². The maximum atomic E-state index is 5.48. The van der Waals surface area contributed by atoms with Gasteiger partial charge in [0, 0.05) is 49.4 Å². The molecule has 156 valence electrons. The van der Waals surface area contributed by atoms with Gasteiger partial charge in [-0.15, -0.1) is 0 Å². The first-order chi connectivity index (χ1) is 14.7. The number of benzene rings is 2. The molecule has 0 unspecified atom stereocenters. The molecule has 0 spiro atoms. The van der Waals surface area contributed by atoms with Crippen LogP contribution in [0.25, 0.3) is 0 Å². The minimum atomic E-state index is 0.565. The quantitative estimate of drug-likeness (QED) is 0.640. The van der Waals surface area contributed by atoms with E-state index < -0.39 is 0 Å². The van der Waals surface area contributed by atoms with Crippen LogP contribution in [0.15, 0.2) is 48.7 Å². The van der Waals surface area contributed by atoms with Crippen LogP contribution in [0.5, 0.6) is 17.2 Å². The highest BCUT2D eigenvalue weighted by Gasteiger charge is 2.20. The molecule has 7 heteroatoms. The van der Waals surface area contributed by atoms with Gasteiger partial charge in [-0.3, -0.25) is 4.90 Å². The summed E-state index contributed by atoms with van der Waals surface area (Å²) in [5.74, 6) is 2.90. The molecule has 4 rings (SSSR count). The first-order valence-corrected chi connectivity index (χ1v) is 9.88. The zero-order chi connectivity index (χ0) is 20.9. The highest BCUT2D eigenvalue weighted by atomic mass is 16.5. The van der Waals surface area contributed by atoms with Crippen LogP contribution in [0.4, 0.5) is 11.6 Å². The number of methoxy groups -OCH3 is 3. The normalized spacial score (nSPS) is 13.4. The number of rotatable bonds is 7. The zero-order valence-corrected chi connectivity index (χ0v) is 17.5. The van der Waals surface area contributed by atoms with Crippen LogP contribution in [-0.2, 0) is 19.5 Å². The van der Waals surface area contributed by atoms with Crippen molar-refractivity contribution in [1.82, 2.24) is 14.9 Å². The van der Waals surface area contributed by atoms with Crippen LogP contribution in [0.1, 0.15) is 16.8 Å². The summed E-state index contributed by atoms with van der Waals surface area (Å²) in [5.41, 5.74) is 4.22. The third-order valence-corrected chi connectivity index (χ3v) is 5.25.